The predicted octanol–water partition coefficient (Wildman–Crippen LogP) is 4.15. The SMILES string of the molecule is CS(=O)(=O)c1ccc(C(=O)C2C(=O)CCCC2=O)c(Cl)c1.C[S+](C)C.Nc1c([N+](=O)[O-])ccc(Oc2ccccc2)c1Cl.O=C(O)CNCP(=O)([O-])O. The van der Waals surface area contributed by atoms with Crippen molar-refractivity contribution in [1.82, 2.24) is 5.32 Å². The van der Waals surface area contributed by atoms with Crippen molar-refractivity contribution in [2.75, 3.05) is 43.6 Å². The van der Waals surface area contributed by atoms with Crippen LogP contribution in [0, 0.1) is 16.0 Å². The Balaban J connectivity index is 0.000000398. The molecule has 16 nitrogen and oxygen atoms in total. The first-order valence-corrected chi connectivity index (χ1v) is 21.8. The molecular formula is C32H38Cl2N3O13PS2. The van der Waals surface area contributed by atoms with Gasteiger partial charge in [0.15, 0.2) is 27.2 Å². The maximum Gasteiger partial charge on any atom is 0.317 e. The van der Waals surface area contributed by atoms with Crippen molar-refractivity contribution in [2.24, 2.45) is 5.92 Å². The highest BCUT2D eigenvalue weighted by Gasteiger charge is 2.37. The quantitative estimate of drug-likeness (QED) is 0.0425. The molecule has 1 saturated carbocycles. The molecule has 0 aromatic heterocycles. The number of para-hydroxylation sites is 1. The number of aliphatic carboxylic acids is 1. The number of nitrogens with zero attached hydrogens (tertiary/aromatic N) is 1. The Morgan fingerprint density at radius 2 is 1.60 bits per heavy atom. The predicted molar refractivity (Wildman–Crippen MR) is 201 cm³/mol. The van der Waals surface area contributed by atoms with Crippen LogP contribution in [0.3, 0.4) is 0 Å². The van der Waals surface area contributed by atoms with E-state index in [1.165, 1.54) is 24.3 Å². The van der Waals surface area contributed by atoms with E-state index in [4.69, 9.17) is 43.7 Å². The molecule has 0 radical (unpaired) electrons. The molecule has 0 saturated heterocycles. The largest absolute Gasteiger partial charge is 0.778 e. The van der Waals surface area contributed by atoms with Gasteiger partial charge in [0.1, 0.15) is 35.7 Å². The van der Waals surface area contributed by atoms with Crippen LogP contribution in [0.15, 0.2) is 65.6 Å². The number of carboxylic acid groups (broad SMARTS) is 1. The third-order valence-corrected chi connectivity index (χ3v) is 8.70. The highest BCUT2D eigenvalue weighted by molar-refractivity contribution is 7.94. The molecule has 290 valence electrons. The summed E-state index contributed by atoms with van der Waals surface area (Å²) < 4.78 is 38.3. The zero-order valence-corrected chi connectivity index (χ0v) is 32.9. The lowest BCUT2D eigenvalue weighted by Gasteiger charge is -2.18. The zero-order chi connectivity index (χ0) is 40.7. The smallest absolute Gasteiger partial charge is 0.317 e. The number of ether oxygens (including phenoxy) is 1. The maximum atomic E-state index is 12.3. The van der Waals surface area contributed by atoms with E-state index in [0.717, 1.165) is 12.3 Å². The van der Waals surface area contributed by atoms with E-state index in [9.17, 15) is 47.2 Å². The fourth-order valence-corrected chi connectivity index (χ4v) is 5.58. The summed E-state index contributed by atoms with van der Waals surface area (Å²) in [5.74, 6) is -3.08. The third kappa shape index (κ3) is 17.2. The standard InChI is InChI=1S/C14H13ClO5S.C12H9ClN2O3.C3H8NO5P.C3H9S/c1-21(19,20)8-5-6-9(10(15)7-8)14(18)13-11(16)3-2-4-12(13)17;13-11-10(18-8-4-2-1-3-5-8)7-6-9(12(11)14)15(16)17;5-3(6)1-4-2-10(7,8)9;1-4(2)3/h5-7,13H,2-4H2,1H3;1-7H,14H2;4H,1-2H2,(H,5,6)(H2,7,8,9);1-3H3/q;;;+1/p-1. The van der Waals surface area contributed by atoms with E-state index < -0.39 is 64.4 Å². The van der Waals surface area contributed by atoms with Gasteiger partial charge in [-0.05, 0) is 53.7 Å². The number of nitrogen functional groups attached to an aromatic ring is 1. The molecule has 4 rings (SSSR count). The second-order valence-electron chi connectivity index (χ2n) is 11.3. The number of hydrogen-bond donors (Lipinski definition) is 4. The Hall–Kier alpha value is -3.87. The summed E-state index contributed by atoms with van der Waals surface area (Å²) in [4.78, 5) is 73.7. The van der Waals surface area contributed by atoms with Gasteiger partial charge in [-0.25, -0.2) is 8.42 Å². The number of nitro groups is 1. The van der Waals surface area contributed by atoms with Gasteiger partial charge in [-0.2, -0.15) is 0 Å². The number of nitro benzene ring substituents is 1. The number of ketones is 3. The number of nitrogens with two attached hydrogens (primary N) is 1. The summed E-state index contributed by atoms with van der Waals surface area (Å²) in [6.07, 6.45) is 7.75. The van der Waals surface area contributed by atoms with Gasteiger partial charge in [-0.3, -0.25) is 34.6 Å². The molecule has 1 unspecified atom stereocenters. The van der Waals surface area contributed by atoms with Crippen LogP contribution >= 0.6 is 30.8 Å². The van der Waals surface area contributed by atoms with Gasteiger partial charge in [0.05, 0.1) is 46.4 Å². The summed E-state index contributed by atoms with van der Waals surface area (Å²) in [6, 6.07) is 15.3. The number of sulfone groups is 1. The number of halogens is 2. The molecule has 3 aromatic carbocycles. The fourth-order valence-electron chi connectivity index (χ4n) is 4.00. The molecule has 53 heavy (non-hydrogen) atoms. The summed E-state index contributed by atoms with van der Waals surface area (Å²) in [6.45, 7) is -0.479. The molecule has 0 heterocycles. The summed E-state index contributed by atoms with van der Waals surface area (Å²) >= 11 is 11.9. The van der Waals surface area contributed by atoms with Crippen molar-refractivity contribution in [1.29, 1.82) is 0 Å². The van der Waals surface area contributed by atoms with Gasteiger partial charge in [-0.1, -0.05) is 41.4 Å². The van der Waals surface area contributed by atoms with Gasteiger partial charge in [0.25, 0.3) is 5.69 Å². The van der Waals surface area contributed by atoms with Gasteiger partial charge in [0, 0.05) is 30.7 Å². The summed E-state index contributed by atoms with van der Waals surface area (Å²) in [5, 5.41) is 20.6. The van der Waals surface area contributed by atoms with E-state index >= 15 is 0 Å². The fraction of sp³-hybridized carbons (Fsp3) is 0.312. The highest BCUT2D eigenvalue weighted by Crippen LogP contribution is 2.39. The number of carbonyl (C=O) groups excluding carboxylic acids is 3. The number of carbonyl (C=O) groups is 4. The number of Topliss-reactive ketones (excluding diaryl/α,β-unsaturated/α-hetero) is 3. The van der Waals surface area contributed by atoms with Crippen molar-refractivity contribution in [2.45, 2.75) is 24.2 Å². The Morgan fingerprint density at radius 1 is 1.06 bits per heavy atom. The lowest BCUT2D eigenvalue weighted by Crippen LogP contribution is -2.35. The minimum atomic E-state index is -4.35. The molecule has 1 fully saturated rings. The Morgan fingerprint density at radius 3 is 2.06 bits per heavy atom. The topological polar surface area (TPSA) is 273 Å². The third-order valence-electron chi connectivity index (χ3n) is 6.26. The average molecular weight is 839 g/mol. The summed E-state index contributed by atoms with van der Waals surface area (Å²) in [7, 11) is -7.15. The van der Waals surface area contributed by atoms with E-state index in [-0.39, 0.29) is 50.5 Å². The van der Waals surface area contributed by atoms with Crippen molar-refractivity contribution >= 4 is 86.2 Å². The van der Waals surface area contributed by atoms with Crippen LogP contribution in [0.1, 0.15) is 29.6 Å². The number of carboxylic acids is 1. The molecule has 5 N–H and O–H groups in total. The first-order valence-electron chi connectivity index (χ1n) is 14.9. The highest BCUT2D eigenvalue weighted by atomic mass is 35.5. The van der Waals surface area contributed by atoms with Crippen LogP contribution < -0.4 is 20.7 Å². The first kappa shape index (κ1) is 47.2. The molecule has 21 heteroatoms. The monoisotopic (exact) mass is 837 g/mol. The molecule has 0 spiro atoms. The lowest BCUT2D eigenvalue weighted by atomic mass is 9.82. The molecule has 1 aliphatic rings. The number of hydrogen-bond acceptors (Lipinski definition) is 13. The molecule has 3 aromatic rings. The number of rotatable bonds is 10. The Labute approximate surface area is 318 Å². The van der Waals surface area contributed by atoms with Crippen molar-refractivity contribution < 1.29 is 56.7 Å². The second-order valence-corrected chi connectivity index (χ2v) is 18.2. The van der Waals surface area contributed by atoms with Gasteiger partial charge >= 0.3 is 5.97 Å². The maximum absolute atomic E-state index is 12.3. The van der Waals surface area contributed by atoms with Crippen molar-refractivity contribution in [3.63, 3.8) is 0 Å². The molecule has 0 bridgehead atoms. The van der Waals surface area contributed by atoms with Gasteiger partial charge in [-0.15, -0.1) is 0 Å². The van der Waals surface area contributed by atoms with E-state index in [1.807, 2.05) is 11.4 Å². The van der Waals surface area contributed by atoms with Crippen LogP contribution in [-0.2, 0) is 39.7 Å². The Kier molecular flexibility index (Phi) is 19.3. The summed E-state index contributed by atoms with van der Waals surface area (Å²) in [5.41, 5.74) is 5.24. The molecule has 1 aliphatic carbocycles. The number of anilines is 1. The molecular weight excluding hydrogens is 800 g/mol. The first-order chi connectivity index (χ1) is 24.5. The minimum absolute atomic E-state index is 0.00216. The molecule has 1 atom stereocenters. The van der Waals surface area contributed by atoms with E-state index in [2.05, 4.69) is 18.8 Å². The number of nitrogens with one attached hydrogen (secondary N) is 1. The molecule has 0 aliphatic heterocycles. The van der Waals surface area contributed by atoms with Crippen LogP contribution in [0.2, 0.25) is 10.0 Å². The average Bonchev–Trinajstić information content (AvgIpc) is 3.02. The van der Waals surface area contributed by atoms with Gasteiger partial charge < -0.3 is 29.9 Å². The van der Waals surface area contributed by atoms with Crippen molar-refractivity contribution in [3.05, 3.63) is 86.4 Å². The van der Waals surface area contributed by atoms with Crippen LogP contribution in [-0.4, -0.2) is 84.5 Å². The van der Waals surface area contributed by atoms with Crippen molar-refractivity contribution in [3.8, 4) is 11.5 Å². The second kappa shape index (κ2) is 21.7. The van der Waals surface area contributed by atoms with E-state index in [1.54, 1.807) is 24.3 Å². The molecule has 0 amide bonds. The van der Waals surface area contributed by atoms with Crippen LogP contribution in [0.5, 0.6) is 11.5 Å². The lowest BCUT2D eigenvalue weighted by molar-refractivity contribution is -0.383. The normalized spacial score (nSPS) is 13.9. The Bertz CT molecular complexity index is 1930. The van der Waals surface area contributed by atoms with Gasteiger partial charge in [0.2, 0.25) is 0 Å². The minimum Gasteiger partial charge on any atom is -0.778 e. The van der Waals surface area contributed by atoms with E-state index in [0.29, 0.717) is 23.1 Å². The van der Waals surface area contributed by atoms with Crippen LogP contribution in [0.4, 0.5) is 11.4 Å². The van der Waals surface area contributed by atoms with Crippen LogP contribution in [0.25, 0.3) is 0 Å². The number of benzene rings is 3. The zero-order valence-electron chi connectivity index (χ0n) is 28.8.